The monoisotopic (exact) mass is 537 g/mol. The second-order valence-corrected chi connectivity index (χ2v) is 10.9. The van der Waals surface area contributed by atoms with Gasteiger partial charge in [0.25, 0.3) is 11.8 Å². The van der Waals surface area contributed by atoms with Crippen molar-refractivity contribution in [1.82, 2.24) is 10.0 Å². The highest BCUT2D eigenvalue weighted by atomic mass is 32.2. The van der Waals surface area contributed by atoms with Gasteiger partial charge < -0.3 is 19.7 Å². The third-order valence-corrected chi connectivity index (χ3v) is 7.48. The standard InChI is InChI=1S/C28H31N3O6S/c1-20(2)30-38(34,35)23-14-12-22(13-15-23)36-19-27(32)31-18-26(37-25-11-7-6-10-24(25)31)28(33)29-17-16-21-8-4-3-5-9-21/h3-15,20,26,30H,16-19H2,1-2H3,(H,29,33). The molecule has 0 saturated carbocycles. The third-order valence-electron chi connectivity index (χ3n) is 5.81. The first kappa shape index (κ1) is 27.2. The molecule has 38 heavy (non-hydrogen) atoms. The second-order valence-electron chi connectivity index (χ2n) is 9.14. The molecular weight excluding hydrogens is 506 g/mol. The summed E-state index contributed by atoms with van der Waals surface area (Å²) < 4.78 is 38.7. The van der Waals surface area contributed by atoms with Crippen LogP contribution in [0.3, 0.4) is 0 Å². The Hall–Kier alpha value is -3.89. The zero-order valence-corrected chi connectivity index (χ0v) is 22.1. The average Bonchev–Trinajstić information content (AvgIpc) is 2.91. The molecule has 200 valence electrons. The van der Waals surface area contributed by atoms with Crippen LogP contribution in [0.1, 0.15) is 19.4 Å². The lowest BCUT2D eigenvalue weighted by atomic mass is 10.1. The molecule has 4 rings (SSSR count). The number of nitrogens with one attached hydrogen (secondary N) is 2. The van der Waals surface area contributed by atoms with Crippen LogP contribution in [0.2, 0.25) is 0 Å². The second kappa shape index (κ2) is 12.1. The first-order chi connectivity index (χ1) is 18.2. The van der Waals surface area contributed by atoms with Gasteiger partial charge in [0.05, 0.1) is 17.1 Å². The molecule has 0 bridgehead atoms. The molecular formula is C28H31N3O6S. The Kier molecular flexibility index (Phi) is 8.65. The quantitative estimate of drug-likeness (QED) is 0.411. The van der Waals surface area contributed by atoms with Crippen molar-refractivity contribution in [3.8, 4) is 11.5 Å². The maximum atomic E-state index is 13.2. The number of para-hydroxylation sites is 2. The van der Waals surface area contributed by atoms with Crippen molar-refractivity contribution in [3.05, 3.63) is 84.4 Å². The van der Waals surface area contributed by atoms with Crippen molar-refractivity contribution in [2.75, 3.05) is 24.6 Å². The first-order valence-electron chi connectivity index (χ1n) is 12.4. The molecule has 0 spiro atoms. The number of hydrogen-bond acceptors (Lipinski definition) is 6. The smallest absolute Gasteiger partial charge is 0.265 e. The van der Waals surface area contributed by atoms with E-state index >= 15 is 0 Å². The van der Waals surface area contributed by atoms with E-state index in [2.05, 4.69) is 10.0 Å². The molecule has 0 aromatic heterocycles. The highest BCUT2D eigenvalue weighted by Gasteiger charge is 2.33. The summed E-state index contributed by atoms with van der Waals surface area (Å²) in [5, 5.41) is 2.89. The Labute approximate surface area is 222 Å². The Morgan fingerprint density at radius 3 is 2.39 bits per heavy atom. The van der Waals surface area contributed by atoms with Gasteiger partial charge >= 0.3 is 0 Å². The predicted molar refractivity (Wildman–Crippen MR) is 144 cm³/mol. The molecule has 2 N–H and O–H groups in total. The van der Waals surface area contributed by atoms with Crippen LogP contribution in [0.15, 0.2) is 83.8 Å². The molecule has 9 nitrogen and oxygen atoms in total. The van der Waals surface area contributed by atoms with E-state index in [1.54, 1.807) is 38.1 Å². The molecule has 1 unspecified atom stereocenters. The zero-order valence-electron chi connectivity index (χ0n) is 21.3. The highest BCUT2D eigenvalue weighted by Crippen LogP contribution is 2.33. The Balaban J connectivity index is 1.38. The number of benzene rings is 3. The van der Waals surface area contributed by atoms with Crippen LogP contribution in [0.5, 0.6) is 11.5 Å². The molecule has 10 heteroatoms. The molecule has 0 aliphatic carbocycles. The summed E-state index contributed by atoms with van der Waals surface area (Å²) in [6.45, 7) is 3.66. The average molecular weight is 538 g/mol. The predicted octanol–water partition coefficient (Wildman–Crippen LogP) is 2.91. The molecule has 0 saturated heterocycles. The van der Waals surface area contributed by atoms with E-state index in [9.17, 15) is 18.0 Å². The topological polar surface area (TPSA) is 114 Å². The molecule has 1 atom stereocenters. The lowest BCUT2D eigenvalue weighted by molar-refractivity contribution is -0.128. The van der Waals surface area contributed by atoms with E-state index in [1.165, 1.54) is 29.2 Å². The highest BCUT2D eigenvalue weighted by molar-refractivity contribution is 7.89. The first-order valence-corrected chi connectivity index (χ1v) is 13.8. The van der Waals surface area contributed by atoms with E-state index < -0.39 is 16.1 Å². The van der Waals surface area contributed by atoms with Gasteiger partial charge in [-0.3, -0.25) is 9.59 Å². The lowest BCUT2D eigenvalue weighted by Crippen LogP contribution is -2.52. The number of amides is 2. The van der Waals surface area contributed by atoms with E-state index in [0.29, 0.717) is 30.2 Å². The van der Waals surface area contributed by atoms with Crippen molar-refractivity contribution in [2.45, 2.75) is 37.3 Å². The van der Waals surface area contributed by atoms with Crippen molar-refractivity contribution in [3.63, 3.8) is 0 Å². The van der Waals surface area contributed by atoms with E-state index in [1.807, 2.05) is 30.3 Å². The number of sulfonamides is 1. The number of fused-ring (bicyclic) bond motifs is 1. The van der Waals surface area contributed by atoms with Crippen molar-refractivity contribution in [2.24, 2.45) is 0 Å². The normalized spacial score (nSPS) is 14.9. The minimum absolute atomic E-state index is 0.0361. The lowest BCUT2D eigenvalue weighted by Gasteiger charge is -2.34. The fraction of sp³-hybridized carbons (Fsp3) is 0.286. The Morgan fingerprint density at radius 1 is 1.00 bits per heavy atom. The van der Waals surface area contributed by atoms with Gasteiger partial charge in [-0.15, -0.1) is 0 Å². The number of ether oxygens (including phenoxy) is 2. The Bertz CT molecular complexity index is 1360. The van der Waals surface area contributed by atoms with Crippen molar-refractivity contribution in [1.29, 1.82) is 0 Å². The van der Waals surface area contributed by atoms with Crippen LogP contribution in [-0.2, 0) is 26.0 Å². The van der Waals surface area contributed by atoms with Crippen LogP contribution in [-0.4, -0.2) is 52.1 Å². The van der Waals surface area contributed by atoms with E-state index in [0.717, 1.165) is 5.56 Å². The summed E-state index contributed by atoms with van der Waals surface area (Å²) in [6, 6.07) is 22.5. The summed E-state index contributed by atoms with van der Waals surface area (Å²) in [5.41, 5.74) is 1.66. The number of nitrogens with zero attached hydrogens (tertiary/aromatic N) is 1. The molecule has 1 aliphatic rings. The van der Waals surface area contributed by atoms with Gasteiger partial charge in [0, 0.05) is 12.6 Å². The molecule has 0 radical (unpaired) electrons. The van der Waals surface area contributed by atoms with E-state index in [4.69, 9.17) is 9.47 Å². The van der Waals surface area contributed by atoms with Crippen LogP contribution in [0, 0.1) is 0 Å². The minimum Gasteiger partial charge on any atom is -0.484 e. The third kappa shape index (κ3) is 6.90. The van der Waals surface area contributed by atoms with Crippen LogP contribution < -0.4 is 24.4 Å². The van der Waals surface area contributed by atoms with E-state index in [-0.39, 0.29) is 35.9 Å². The fourth-order valence-corrected chi connectivity index (χ4v) is 5.26. The molecule has 0 fully saturated rings. The summed E-state index contributed by atoms with van der Waals surface area (Å²) >= 11 is 0. The summed E-state index contributed by atoms with van der Waals surface area (Å²) in [5.74, 6) is 0.114. The van der Waals surface area contributed by atoms with Crippen molar-refractivity contribution >= 4 is 27.5 Å². The SMILES string of the molecule is CC(C)NS(=O)(=O)c1ccc(OCC(=O)N2CC(C(=O)NCCc3ccccc3)Oc3ccccc32)cc1. The maximum absolute atomic E-state index is 13.2. The van der Waals surface area contributed by atoms with Gasteiger partial charge in [-0.2, -0.15) is 0 Å². The Morgan fingerprint density at radius 2 is 1.68 bits per heavy atom. The molecule has 3 aromatic carbocycles. The van der Waals surface area contributed by atoms with Crippen LogP contribution in [0.4, 0.5) is 5.69 Å². The number of carbonyl (C=O) groups is 2. The summed E-state index contributed by atoms with van der Waals surface area (Å²) in [7, 11) is -3.63. The molecule has 2 amide bonds. The molecule has 1 aliphatic heterocycles. The zero-order chi connectivity index (χ0) is 27.1. The summed E-state index contributed by atoms with van der Waals surface area (Å²) in [6.07, 6.45) is -0.192. The molecule has 1 heterocycles. The number of carbonyl (C=O) groups excluding carboxylic acids is 2. The van der Waals surface area contributed by atoms with Gasteiger partial charge in [0.15, 0.2) is 12.7 Å². The number of anilines is 1. The molecule has 3 aromatic rings. The van der Waals surface area contributed by atoms with Gasteiger partial charge in [-0.1, -0.05) is 42.5 Å². The van der Waals surface area contributed by atoms with Gasteiger partial charge in [-0.05, 0) is 62.2 Å². The van der Waals surface area contributed by atoms with Crippen LogP contribution in [0.25, 0.3) is 0 Å². The van der Waals surface area contributed by atoms with Crippen LogP contribution >= 0.6 is 0 Å². The number of rotatable bonds is 10. The largest absolute Gasteiger partial charge is 0.484 e. The van der Waals surface area contributed by atoms with Gasteiger partial charge in [0.1, 0.15) is 11.5 Å². The fourth-order valence-electron chi connectivity index (χ4n) is 4.01. The minimum atomic E-state index is -3.63. The maximum Gasteiger partial charge on any atom is 0.265 e. The number of hydrogen-bond donors (Lipinski definition) is 2. The van der Waals surface area contributed by atoms with Gasteiger partial charge in [-0.25, -0.2) is 13.1 Å². The van der Waals surface area contributed by atoms with Crippen molar-refractivity contribution < 1.29 is 27.5 Å². The summed E-state index contributed by atoms with van der Waals surface area (Å²) in [4.78, 5) is 27.6. The van der Waals surface area contributed by atoms with Gasteiger partial charge in [0.2, 0.25) is 10.0 Å².